The molecule has 6 N–H and O–H groups in total. The molecule has 0 radical (unpaired) electrons. The molecule has 43 heavy (non-hydrogen) atoms. The molecule has 6 aliphatic rings. The molecular formula is C33H50O10. The Hall–Kier alpha value is -1.37. The van der Waals surface area contributed by atoms with Crippen LogP contribution in [0.3, 0.4) is 0 Å². The van der Waals surface area contributed by atoms with Crippen LogP contribution in [-0.2, 0) is 19.0 Å². The van der Waals surface area contributed by atoms with Gasteiger partial charge in [0, 0.05) is 24.3 Å². The molecule has 242 valence electrons. The highest BCUT2D eigenvalue weighted by atomic mass is 16.7. The van der Waals surface area contributed by atoms with Crippen LogP contribution in [0.15, 0.2) is 22.8 Å². The molecule has 0 aromatic rings. The van der Waals surface area contributed by atoms with Gasteiger partial charge >= 0.3 is 5.97 Å². The zero-order valence-corrected chi connectivity index (χ0v) is 25.5. The van der Waals surface area contributed by atoms with Crippen LogP contribution in [0.2, 0.25) is 0 Å². The number of aliphatic hydroxyl groups excluding tert-OH is 6. The first kappa shape index (κ1) is 31.6. The minimum absolute atomic E-state index is 0.00572. The maximum atomic E-state index is 13.0. The first-order chi connectivity index (χ1) is 20.4. The summed E-state index contributed by atoms with van der Waals surface area (Å²) in [6.45, 7) is 5.78. The molecule has 2 heterocycles. The number of carbonyl (C=O) groups excluding carboxylic acids is 1. The van der Waals surface area contributed by atoms with Crippen LogP contribution in [0.5, 0.6) is 0 Å². The van der Waals surface area contributed by atoms with Crippen molar-refractivity contribution < 1.29 is 49.6 Å². The topological polar surface area (TPSA) is 166 Å². The molecule has 10 heteroatoms. The lowest BCUT2D eigenvalue weighted by atomic mass is 9.50. The van der Waals surface area contributed by atoms with E-state index in [0.717, 1.165) is 37.7 Å². The van der Waals surface area contributed by atoms with Gasteiger partial charge in [0.2, 0.25) is 0 Å². The van der Waals surface area contributed by atoms with Crippen molar-refractivity contribution in [2.75, 3.05) is 13.2 Å². The number of hydrogen-bond donors (Lipinski definition) is 6. The fraction of sp³-hybridized carbons (Fsp3) is 0.848. The van der Waals surface area contributed by atoms with Crippen molar-refractivity contribution in [3.63, 3.8) is 0 Å². The SMILES string of the molecule is CC1=C(COC2OC(CO)C(O)C(O)C2O)CC([C@@H](C)[C@H]2CC[C@H]3[C@@H]4CC=C5C[C@@H](O)C[C@H](O)C5[C@H]4CC[C@]23C)OC1=O. The molecule has 0 aromatic heterocycles. The van der Waals surface area contributed by atoms with E-state index in [2.05, 4.69) is 19.9 Å². The van der Waals surface area contributed by atoms with E-state index >= 15 is 0 Å². The van der Waals surface area contributed by atoms with Crippen molar-refractivity contribution in [2.45, 2.75) is 121 Å². The second-order valence-corrected chi connectivity index (χ2v) is 14.6. The van der Waals surface area contributed by atoms with E-state index in [0.29, 0.717) is 48.5 Å². The van der Waals surface area contributed by atoms with Crippen molar-refractivity contribution in [3.05, 3.63) is 22.8 Å². The number of carbonyl (C=O) groups is 1. The molecule has 4 aliphatic carbocycles. The lowest BCUT2D eigenvalue weighted by Gasteiger charge is -2.55. The summed E-state index contributed by atoms with van der Waals surface area (Å²) in [6, 6.07) is 0. The van der Waals surface area contributed by atoms with Gasteiger partial charge in [-0.2, -0.15) is 0 Å². The normalized spacial score (nSPS) is 49.0. The molecule has 10 nitrogen and oxygen atoms in total. The minimum Gasteiger partial charge on any atom is -0.458 e. The van der Waals surface area contributed by atoms with Gasteiger partial charge in [-0.25, -0.2) is 4.79 Å². The Kier molecular flexibility index (Phi) is 8.89. The summed E-state index contributed by atoms with van der Waals surface area (Å²) in [5.41, 5.74) is 2.59. The monoisotopic (exact) mass is 606 g/mol. The molecule has 0 amide bonds. The second kappa shape index (κ2) is 12.1. The molecule has 3 saturated carbocycles. The van der Waals surface area contributed by atoms with Crippen molar-refractivity contribution in [1.29, 1.82) is 0 Å². The first-order valence-electron chi connectivity index (χ1n) is 16.3. The maximum absolute atomic E-state index is 13.0. The summed E-state index contributed by atoms with van der Waals surface area (Å²) < 4.78 is 17.3. The summed E-state index contributed by atoms with van der Waals surface area (Å²) in [5.74, 6) is 1.81. The van der Waals surface area contributed by atoms with Crippen LogP contribution < -0.4 is 0 Å². The highest BCUT2D eigenvalue weighted by molar-refractivity contribution is 5.89. The van der Waals surface area contributed by atoms with Gasteiger partial charge in [-0.1, -0.05) is 25.5 Å². The number of cyclic esters (lactones) is 1. The van der Waals surface area contributed by atoms with Crippen LogP contribution in [0.4, 0.5) is 0 Å². The Morgan fingerprint density at radius 1 is 1.05 bits per heavy atom. The Morgan fingerprint density at radius 3 is 2.56 bits per heavy atom. The van der Waals surface area contributed by atoms with Crippen LogP contribution >= 0.6 is 0 Å². The maximum Gasteiger partial charge on any atom is 0.334 e. The average Bonchev–Trinajstić information content (AvgIpc) is 3.33. The lowest BCUT2D eigenvalue weighted by molar-refractivity contribution is -0.299. The van der Waals surface area contributed by atoms with Crippen molar-refractivity contribution in [3.8, 4) is 0 Å². The molecular weight excluding hydrogens is 556 g/mol. The number of aliphatic hydroxyl groups is 6. The van der Waals surface area contributed by atoms with Gasteiger partial charge < -0.3 is 44.8 Å². The average molecular weight is 607 g/mol. The molecule has 0 spiro atoms. The fourth-order valence-corrected chi connectivity index (χ4v) is 10.2. The molecule has 4 fully saturated rings. The quantitative estimate of drug-likeness (QED) is 0.193. The van der Waals surface area contributed by atoms with Crippen molar-refractivity contribution in [1.82, 2.24) is 0 Å². The Labute approximate surface area is 253 Å². The Bertz CT molecular complexity index is 1120. The molecule has 15 atom stereocenters. The Morgan fingerprint density at radius 2 is 1.81 bits per heavy atom. The third-order valence-corrected chi connectivity index (χ3v) is 12.5. The van der Waals surface area contributed by atoms with E-state index in [1.54, 1.807) is 6.92 Å². The summed E-state index contributed by atoms with van der Waals surface area (Å²) in [5, 5.41) is 61.3. The van der Waals surface area contributed by atoms with Crippen LogP contribution in [0.25, 0.3) is 0 Å². The van der Waals surface area contributed by atoms with Crippen LogP contribution in [0.1, 0.15) is 72.1 Å². The van der Waals surface area contributed by atoms with Crippen molar-refractivity contribution >= 4 is 5.97 Å². The fourth-order valence-electron chi connectivity index (χ4n) is 10.2. The predicted molar refractivity (Wildman–Crippen MR) is 154 cm³/mol. The molecule has 2 aliphatic heterocycles. The van der Waals surface area contributed by atoms with E-state index in [1.807, 2.05) is 0 Å². The van der Waals surface area contributed by atoms with Gasteiger partial charge in [0.15, 0.2) is 6.29 Å². The standard InChI is InChI=1S/C33H50O10/c1-15-18(14-41-32-30(39)29(38)28(37)26(13-34)43-32)11-25(42-31(15)40)16(2)22-6-7-23-20-5-4-17-10-19(35)12-24(36)27(17)21(20)8-9-33(22,23)3/h4,16,19-30,32,34-39H,5-14H2,1-3H3/t16-,19+,20+,21-,22+,23-,24-,25?,26?,27?,28?,29?,30?,32?,33+/m0/s1. The second-order valence-electron chi connectivity index (χ2n) is 14.6. The highest BCUT2D eigenvalue weighted by Crippen LogP contribution is 2.65. The largest absolute Gasteiger partial charge is 0.458 e. The number of fused-ring (bicyclic) bond motifs is 5. The van der Waals surface area contributed by atoms with E-state index in [1.165, 1.54) is 5.57 Å². The Balaban J connectivity index is 1.13. The molecule has 6 rings (SSSR count). The predicted octanol–water partition coefficient (Wildman–Crippen LogP) is 1.59. The highest BCUT2D eigenvalue weighted by Gasteiger charge is 2.58. The van der Waals surface area contributed by atoms with Crippen LogP contribution in [-0.4, -0.2) is 98.8 Å². The number of hydrogen-bond acceptors (Lipinski definition) is 10. The molecule has 7 unspecified atom stereocenters. The third kappa shape index (κ3) is 5.43. The lowest BCUT2D eigenvalue weighted by Crippen LogP contribution is -2.59. The summed E-state index contributed by atoms with van der Waals surface area (Å²) in [6.07, 6.45) is 1.29. The zero-order valence-electron chi connectivity index (χ0n) is 25.5. The van der Waals surface area contributed by atoms with Gasteiger partial charge in [-0.15, -0.1) is 0 Å². The number of esters is 1. The van der Waals surface area contributed by atoms with Crippen LogP contribution in [0, 0.1) is 40.9 Å². The first-order valence-corrected chi connectivity index (χ1v) is 16.3. The summed E-state index contributed by atoms with van der Waals surface area (Å²) in [7, 11) is 0. The van der Waals surface area contributed by atoms with E-state index in [-0.39, 0.29) is 35.9 Å². The number of ether oxygens (including phenoxy) is 3. The molecule has 0 aromatic carbocycles. The van der Waals surface area contributed by atoms with Gasteiger partial charge in [0.25, 0.3) is 0 Å². The molecule has 1 saturated heterocycles. The van der Waals surface area contributed by atoms with Gasteiger partial charge in [0.05, 0.1) is 25.4 Å². The molecule has 0 bridgehead atoms. The summed E-state index contributed by atoms with van der Waals surface area (Å²) >= 11 is 0. The zero-order chi connectivity index (χ0) is 30.8. The number of allylic oxidation sites excluding steroid dienone is 1. The van der Waals surface area contributed by atoms with Crippen molar-refractivity contribution in [2.24, 2.45) is 40.9 Å². The van der Waals surface area contributed by atoms with E-state index < -0.39 is 49.5 Å². The summed E-state index contributed by atoms with van der Waals surface area (Å²) in [4.78, 5) is 13.0. The van der Waals surface area contributed by atoms with E-state index in [9.17, 15) is 35.4 Å². The minimum atomic E-state index is -1.53. The number of rotatable bonds is 6. The third-order valence-electron chi connectivity index (χ3n) is 12.5. The van der Waals surface area contributed by atoms with Gasteiger partial charge in [-0.3, -0.25) is 0 Å². The van der Waals surface area contributed by atoms with Gasteiger partial charge in [0.1, 0.15) is 30.5 Å². The van der Waals surface area contributed by atoms with E-state index in [4.69, 9.17) is 14.2 Å². The smallest absolute Gasteiger partial charge is 0.334 e. The van der Waals surface area contributed by atoms with Gasteiger partial charge in [-0.05, 0) is 86.0 Å².